The predicted molar refractivity (Wildman–Crippen MR) is 103 cm³/mol. The second-order valence-electron chi connectivity index (χ2n) is 5.59. The van der Waals surface area contributed by atoms with Crippen LogP contribution in [0.3, 0.4) is 0 Å². The van der Waals surface area contributed by atoms with Gasteiger partial charge in [0.1, 0.15) is 11.5 Å². The molecular weight excluding hydrogens is 344 g/mol. The van der Waals surface area contributed by atoms with E-state index >= 15 is 0 Å². The van der Waals surface area contributed by atoms with Gasteiger partial charge in [0, 0.05) is 17.4 Å². The number of urea groups is 1. The van der Waals surface area contributed by atoms with Gasteiger partial charge in [-0.3, -0.25) is 0 Å². The van der Waals surface area contributed by atoms with E-state index in [9.17, 15) is 9.59 Å². The van der Waals surface area contributed by atoms with Gasteiger partial charge >= 0.3 is 12.0 Å². The minimum absolute atomic E-state index is 0.327. The number of nitrogens with one attached hydrogen (secondary N) is 2. The van der Waals surface area contributed by atoms with E-state index in [4.69, 9.17) is 9.47 Å². The number of amides is 2. The summed E-state index contributed by atoms with van der Waals surface area (Å²) in [4.78, 5) is 24.3. The average Bonchev–Trinajstić information content (AvgIpc) is 2.69. The third kappa shape index (κ3) is 5.09. The number of hydrogen-bond acceptors (Lipinski definition) is 4. The van der Waals surface area contributed by atoms with Gasteiger partial charge in [0.2, 0.25) is 0 Å². The Labute approximate surface area is 156 Å². The lowest BCUT2D eigenvalue weighted by molar-refractivity contribution is 0.0735. The Kier molecular flexibility index (Phi) is 5.69. The maximum absolute atomic E-state index is 12.2. The smallest absolute Gasteiger partial charge is 0.343 e. The van der Waals surface area contributed by atoms with Crippen molar-refractivity contribution >= 4 is 23.4 Å². The molecule has 0 heterocycles. The monoisotopic (exact) mass is 362 g/mol. The topological polar surface area (TPSA) is 76.7 Å². The number of esters is 1. The van der Waals surface area contributed by atoms with Gasteiger partial charge in [0.25, 0.3) is 0 Å². The van der Waals surface area contributed by atoms with Gasteiger partial charge < -0.3 is 20.1 Å². The summed E-state index contributed by atoms with van der Waals surface area (Å²) in [5.41, 5.74) is 1.58. The van der Waals surface area contributed by atoms with Crippen molar-refractivity contribution in [1.29, 1.82) is 0 Å². The highest BCUT2D eigenvalue weighted by Gasteiger charge is 2.10. The molecule has 0 aliphatic heterocycles. The molecule has 0 aromatic heterocycles. The lowest BCUT2D eigenvalue weighted by atomic mass is 10.2. The molecule has 0 atom stereocenters. The summed E-state index contributed by atoms with van der Waals surface area (Å²) in [6.45, 7) is 0. The first kappa shape index (κ1) is 18.0. The first-order chi connectivity index (χ1) is 13.1. The second kappa shape index (κ2) is 8.53. The van der Waals surface area contributed by atoms with E-state index in [-0.39, 0.29) is 6.03 Å². The summed E-state index contributed by atoms with van der Waals surface area (Å²) in [7, 11) is 1.56. The van der Waals surface area contributed by atoms with Crippen LogP contribution in [-0.2, 0) is 0 Å². The van der Waals surface area contributed by atoms with E-state index in [1.54, 1.807) is 67.8 Å². The quantitative estimate of drug-likeness (QED) is 0.515. The van der Waals surface area contributed by atoms with Crippen LogP contribution < -0.4 is 20.1 Å². The van der Waals surface area contributed by atoms with E-state index in [1.165, 1.54) is 0 Å². The second-order valence-corrected chi connectivity index (χ2v) is 5.59. The molecule has 136 valence electrons. The highest BCUT2D eigenvalue weighted by Crippen LogP contribution is 2.20. The maximum atomic E-state index is 12.2. The molecule has 0 aliphatic rings. The summed E-state index contributed by atoms with van der Waals surface area (Å²) in [5.74, 6) is 0.485. The molecule has 0 saturated carbocycles. The number of carbonyl (C=O) groups is 2. The molecule has 0 saturated heterocycles. The standard InChI is InChI=1S/C21H18N2O4/c1-26-18-12-10-15(11-13-18)20(24)27-19-9-5-8-17(14-19)23-21(25)22-16-6-3-2-4-7-16/h2-14H,1H3,(H2,22,23,25). The third-order valence-corrected chi connectivity index (χ3v) is 3.66. The van der Waals surface area contributed by atoms with E-state index in [0.717, 1.165) is 0 Å². The fourth-order valence-corrected chi connectivity index (χ4v) is 2.35. The van der Waals surface area contributed by atoms with Crippen LogP contribution in [0.25, 0.3) is 0 Å². The first-order valence-electron chi connectivity index (χ1n) is 8.23. The zero-order valence-electron chi connectivity index (χ0n) is 14.6. The number of rotatable bonds is 5. The highest BCUT2D eigenvalue weighted by atomic mass is 16.5. The zero-order chi connectivity index (χ0) is 19.1. The molecule has 0 bridgehead atoms. The molecule has 0 aliphatic carbocycles. The highest BCUT2D eigenvalue weighted by molar-refractivity contribution is 6.00. The summed E-state index contributed by atoms with van der Waals surface area (Å²) in [6.07, 6.45) is 0. The first-order valence-corrected chi connectivity index (χ1v) is 8.23. The zero-order valence-corrected chi connectivity index (χ0v) is 14.6. The van der Waals surface area contributed by atoms with Crippen LogP contribution in [0.15, 0.2) is 78.9 Å². The molecule has 6 heteroatoms. The Bertz CT molecular complexity index is 924. The number of hydrogen-bond donors (Lipinski definition) is 2. The summed E-state index contributed by atoms with van der Waals surface area (Å²) >= 11 is 0. The van der Waals surface area contributed by atoms with E-state index in [0.29, 0.717) is 28.4 Å². The van der Waals surface area contributed by atoms with Crippen molar-refractivity contribution < 1.29 is 19.1 Å². The lowest BCUT2D eigenvalue weighted by Crippen LogP contribution is -2.19. The molecule has 0 spiro atoms. The van der Waals surface area contributed by atoms with Crippen LogP contribution in [0.2, 0.25) is 0 Å². The third-order valence-electron chi connectivity index (χ3n) is 3.66. The van der Waals surface area contributed by atoms with Crippen molar-refractivity contribution in [3.8, 4) is 11.5 Å². The van der Waals surface area contributed by atoms with Crippen LogP contribution in [0.5, 0.6) is 11.5 Å². The fourth-order valence-electron chi connectivity index (χ4n) is 2.35. The van der Waals surface area contributed by atoms with Gasteiger partial charge in [-0.25, -0.2) is 9.59 Å². The Morgan fingerprint density at radius 1 is 0.741 bits per heavy atom. The van der Waals surface area contributed by atoms with Gasteiger partial charge in [-0.05, 0) is 48.5 Å². The largest absolute Gasteiger partial charge is 0.497 e. The molecule has 6 nitrogen and oxygen atoms in total. The fraction of sp³-hybridized carbons (Fsp3) is 0.0476. The summed E-state index contributed by atoms with van der Waals surface area (Å²) < 4.78 is 10.4. The maximum Gasteiger partial charge on any atom is 0.343 e. The van der Waals surface area contributed by atoms with Crippen molar-refractivity contribution in [3.63, 3.8) is 0 Å². The molecule has 0 radical (unpaired) electrons. The van der Waals surface area contributed by atoms with E-state index in [1.807, 2.05) is 18.2 Å². The van der Waals surface area contributed by atoms with Crippen LogP contribution in [0, 0.1) is 0 Å². The molecule has 0 unspecified atom stereocenters. The SMILES string of the molecule is COc1ccc(C(=O)Oc2cccc(NC(=O)Nc3ccccc3)c2)cc1. The Morgan fingerprint density at radius 2 is 1.41 bits per heavy atom. The summed E-state index contributed by atoms with van der Waals surface area (Å²) in [5, 5.41) is 5.42. The molecule has 2 N–H and O–H groups in total. The molecule has 0 fully saturated rings. The minimum Gasteiger partial charge on any atom is -0.497 e. The molecular formula is C21H18N2O4. The van der Waals surface area contributed by atoms with E-state index in [2.05, 4.69) is 10.6 Å². The number of methoxy groups -OCH3 is 1. The van der Waals surface area contributed by atoms with Crippen LogP contribution in [0.4, 0.5) is 16.2 Å². The Morgan fingerprint density at radius 3 is 2.11 bits per heavy atom. The average molecular weight is 362 g/mol. The van der Waals surface area contributed by atoms with Gasteiger partial charge in [-0.15, -0.1) is 0 Å². The Balaban J connectivity index is 1.62. The number of para-hydroxylation sites is 1. The van der Waals surface area contributed by atoms with Crippen molar-refractivity contribution in [3.05, 3.63) is 84.4 Å². The Hall–Kier alpha value is -3.80. The number of benzene rings is 3. The van der Waals surface area contributed by atoms with Crippen LogP contribution in [0.1, 0.15) is 10.4 Å². The van der Waals surface area contributed by atoms with Gasteiger partial charge in [-0.2, -0.15) is 0 Å². The normalized spacial score (nSPS) is 9.96. The number of anilines is 2. The van der Waals surface area contributed by atoms with Crippen LogP contribution >= 0.6 is 0 Å². The van der Waals surface area contributed by atoms with Crippen molar-refractivity contribution in [1.82, 2.24) is 0 Å². The molecule has 3 rings (SSSR count). The lowest BCUT2D eigenvalue weighted by Gasteiger charge is -2.09. The van der Waals surface area contributed by atoms with Crippen molar-refractivity contribution in [2.45, 2.75) is 0 Å². The van der Waals surface area contributed by atoms with E-state index < -0.39 is 5.97 Å². The van der Waals surface area contributed by atoms with Gasteiger partial charge in [0.05, 0.1) is 12.7 Å². The molecule has 2 amide bonds. The predicted octanol–water partition coefficient (Wildman–Crippen LogP) is 4.56. The molecule has 3 aromatic rings. The minimum atomic E-state index is -0.497. The van der Waals surface area contributed by atoms with Crippen molar-refractivity contribution in [2.24, 2.45) is 0 Å². The molecule has 3 aromatic carbocycles. The van der Waals surface area contributed by atoms with Crippen molar-refractivity contribution in [2.75, 3.05) is 17.7 Å². The van der Waals surface area contributed by atoms with Gasteiger partial charge in [-0.1, -0.05) is 24.3 Å². The summed E-state index contributed by atoms with van der Waals surface area (Å²) in [6, 6.07) is 21.9. The van der Waals surface area contributed by atoms with Crippen LogP contribution in [-0.4, -0.2) is 19.1 Å². The molecule has 27 heavy (non-hydrogen) atoms. The van der Waals surface area contributed by atoms with Gasteiger partial charge in [0.15, 0.2) is 0 Å². The number of ether oxygens (including phenoxy) is 2. The number of carbonyl (C=O) groups excluding carboxylic acids is 2.